The Labute approximate surface area is 100 Å². The largest absolute Gasteiger partial charge is 0.436 e. The van der Waals surface area contributed by atoms with Gasteiger partial charge in [0.05, 0.1) is 12.4 Å². The molecule has 5 nitrogen and oxygen atoms in total. The third-order valence-corrected chi connectivity index (χ3v) is 2.44. The molecule has 2 aromatic heterocycles. The van der Waals surface area contributed by atoms with Gasteiger partial charge in [0, 0.05) is 24.8 Å². The molecule has 0 radical (unpaired) electrons. The number of hydrogen-bond acceptors (Lipinski definition) is 4. The second kappa shape index (κ2) is 4.97. The molecule has 0 bridgehead atoms. The summed E-state index contributed by atoms with van der Waals surface area (Å²) >= 11 is 0. The first-order valence-electron chi connectivity index (χ1n) is 5.61. The number of hydrogen-bond donors (Lipinski definition) is 1. The first-order chi connectivity index (χ1) is 8.19. The smallest absolute Gasteiger partial charge is 0.219 e. The van der Waals surface area contributed by atoms with Gasteiger partial charge in [0.25, 0.3) is 0 Å². The first kappa shape index (κ1) is 11.6. The Bertz CT molecular complexity index is 493. The Balaban J connectivity index is 2.15. The van der Waals surface area contributed by atoms with Crippen LogP contribution >= 0.6 is 0 Å². The quantitative estimate of drug-likeness (QED) is 0.876. The van der Waals surface area contributed by atoms with Crippen LogP contribution < -0.4 is 10.5 Å². The van der Waals surface area contributed by atoms with Gasteiger partial charge >= 0.3 is 0 Å². The molecule has 0 aliphatic rings. The summed E-state index contributed by atoms with van der Waals surface area (Å²) in [5, 5.41) is 4.13. The van der Waals surface area contributed by atoms with Gasteiger partial charge in [-0.25, -0.2) is 4.98 Å². The van der Waals surface area contributed by atoms with Crippen LogP contribution in [0.15, 0.2) is 30.7 Å². The lowest BCUT2D eigenvalue weighted by Crippen LogP contribution is -2.05. The van der Waals surface area contributed by atoms with E-state index in [4.69, 9.17) is 10.5 Å². The zero-order valence-electron chi connectivity index (χ0n) is 10.00. The van der Waals surface area contributed by atoms with Crippen LogP contribution in [0, 0.1) is 0 Å². The fraction of sp³-hybridized carbons (Fsp3) is 0.333. The minimum Gasteiger partial charge on any atom is -0.436 e. The molecule has 0 aliphatic heterocycles. The molecular weight excluding hydrogens is 216 g/mol. The first-order valence-corrected chi connectivity index (χ1v) is 5.61. The van der Waals surface area contributed by atoms with Gasteiger partial charge in [0.1, 0.15) is 0 Å². The van der Waals surface area contributed by atoms with Crippen molar-refractivity contribution in [3.63, 3.8) is 0 Å². The number of nitrogens with two attached hydrogens (primary N) is 1. The highest BCUT2D eigenvalue weighted by molar-refractivity contribution is 5.27. The molecule has 90 valence electrons. The van der Waals surface area contributed by atoms with Gasteiger partial charge in [0.2, 0.25) is 5.88 Å². The van der Waals surface area contributed by atoms with E-state index >= 15 is 0 Å². The van der Waals surface area contributed by atoms with E-state index in [0.29, 0.717) is 11.6 Å². The van der Waals surface area contributed by atoms with Crippen LogP contribution in [-0.2, 0) is 6.54 Å². The molecule has 0 aliphatic carbocycles. The average molecular weight is 232 g/mol. The molecule has 0 saturated heterocycles. The van der Waals surface area contributed by atoms with Crippen molar-refractivity contribution < 1.29 is 4.74 Å². The van der Waals surface area contributed by atoms with Gasteiger partial charge in [-0.05, 0) is 25.5 Å². The Morgan fingerprint density at radius 1 is 1.53 bits per heavy atom. The van der Waals surface area contributed by atoms with Gasteiger partial charge < -0.3 is 10.5 Å². The number of rotatable bonds is 4. The Morgan fingerprint density at radius 2 is 2.35 bits per heavy atom. The summed E-state index contributed by atoms with van der Waals surface area (Å²) in [6.45, 7) is 4.76. The maximum atomic E-state index is 5.80. The van der Waals surface area contributed by atoms with E-state index in [-0.39, 0.29) is 6.04 Å². The lowest BCUT2D eigenvalue weighted by atomic mass is 10.1. The van der Waals surface area contributed by atoms with Gasteiger partial charge in [-0.1, -0.05) is 0 Å². The van der Waals surface area contributed by atoms with Crippen LogP contribution in [0.5, 0.6) is 11.6 Å². The zero-order chi connectivity index (χ0) is 12.3. The van der Waals surface area contributed by atoms with E-state index in [1.54, 1.807) is 17.1 Å². The van der Waals surface area contributed by atoms with E-state index in [1.807, 2.05) is 32.2 Å². The fourth-order valence-corrected chi connectivity index (χ4v) is 1.45. The maximum absolute atomic E-state index is 5.80. The Hall–Kier alpha value is -1.88. The lowest BCUT2D eigenvalue weighted by Gasteiger charge is -2.07. The maximum Gasteiger partial charge on any atom is 0.219 e. The summed E-state index contributed by atoms with van der Waals surface area (Å²) in [5.41, 5.74) is 6.80. The van der Waals surface area contributed by atoms with Crippen LogP contribution in [0.1, 0.15) is 25.5 Å². The fourth-order valence-electron chi connectivity index (χ4n) is 1.45. The predicted molar refractivity (Wildman–Crippen MR) is 64.8 cm³/mol. The summed E-state index contributed by atoms with van der Waals surface area (Å²) in [6, 6.07) is 3.69. The molecule has 2 rings (SSSR count). The molecule has 5 heteroatoms. The molecule has 2 heterocycles. The SMILES string of the molecule is CCn1cc(Oc2cc([C@H](C)N)ccn2)cn1. The lowest BCUT2D eigenvalue weighted by molar-refractivity contribution is 0.460. The van der Waals surface area contributed by atoms with Crippen molar-refractivity contribution in [2.24, 2.45) is 5.73 Å². The molecule has 0 amide bonds. The molecule has 2 aromatic rings. The molecule has 0 saturated carbocycles. The molecule has 0 aromatic carbocycles. The van der Waals surface area contributed by atoms with E-state index < -0.39 is 0 Å². The second-order valence-corrected chi connectivity index (χ2v) is 3.85. The molecule has 0 unspecified atom stereocenters. The minimum absolute atomic E-state index is 0.0290. The Morgan fingerprint density at radius 3 is 3.00 bits per heavy atom. The normalized spacial score (nSPS) is 12.4. The third-order valence-electron chi connectivity index (χ3n) is 2.44. The van der Waals surface area contributed by atoms with Crippen LogP contribution in [0.3, 0.4) is 0 Å². The number of ether oxygens (including phenoxy) is 1. The van der Waals surface area contributed by atoms with Crippen LogP contribution in [0.4, 0.5) is 0 Å². The minimum atomic E-state index is -0.0290. The van der Waals surface area contributed by atoms with Crippen LogP contribution in [0.25, 0.3) is 0 Å². The second-order valence-electron chi connectivity index (χ2n) is 3.85. The van der Waals surface area contributed by atoms with Crippen molar-refractivity contribution in [3.05, 3.63) is 36.3 Å². The summed E-state index contributed by atoms with van der Waals surface area (Å²) in [4.78, 5) is 4.14. The van der Waals surface area contributed by atoms with Gasteiger partial charge in [-0.2, -0.15) is 5.10 Å². The average Bonchev–Trinajstić information content (AvgIpc) is 2.77. The van der Waals surface area contributed by atoms with Crippen LogP contribution in [0.2, 0.25) is 0 Å². The number of aromatic nitrogens is 3. The predicted octanol–water partition coefficient (Wildman–Crippen LogP) is 2.11. The standard InChI is InChI=1S/C12H16N4O/c1-3-16-8-11(7-15-16)17-12-6-10(9(2)13)4-5-14-12/h4-9H,3,13H2,1-2H3/t9-/m0/s1. The molecule has 0 fully saturated rings. The van der Waals surface area contributed by atoms with Crippen molar-refractivity contribution in [1.82, 2.24) is 14.8 Å². The molecule has 0 spiro atoms. The van der Waals surface area contributed by atoms with Crippen molar-refractivity contribution >= 4 is 0 Å². The van der Waals surface area contributed by atoms with Gasteiger partial charge in [-0.15, -0.1) is 0 Å². The summed E-state index contributed by atoms with van der Waals surface area (Å²) in [7, 11) is 0. The zero-order valence-corrected chi connectivity index (χ0v) is 10.00. The van der Waals surface area contributed by atoms with Gasteiger partial charge in [0.15, 0.2) is 5.75 Å². The monoisotopic (exact) mass is 232 g/mol. The Kier molecular flexibility index (Phi) is 3.39. The molecule has 1 atom stereocenters. The summed E-state index contributed by atoms with van der Waals surface area (Å²) in [6.07, 6.45) is 5.20. The van der Waals surface area contributed by atoms with Crippen LogP contribution in [-0.4, -0.2) is 14.8 Å². The highest BCUT2D eigenvalue weighted by Gasteiger charge is 2.05. The van der Waals surface area contributed by atoms with E-state index in [1.165, 1.54) is 0 Å². The van der Waals surface area contributed by atoms with E-state index in [2.05, 4.69) is 10.1 Å². The number of aryl methyl sites for hydroxylation is 1. The summed E-state index contributed by atoms with van der Waals surface area (Å²) < 4.78 is 7.40. The van der Waals surface area contributed by atoms with Crippen molar-refractivity contribution in [1.29, 1.82) is 0 Å². The number of nitrogens with zero attached hydrogens (tertiary/aromatic N) is 3. The molecule has 2 N–H and O–H groups in total. The topological polar surface area (TPSA) is 66.0 Å². The molecular formula is C12H16N4O. The van der Waals surface area contributed by atoms with Crippen molar-refractivity contribution in [2.75, 3.05) is 0 Å². The number of pyridine rings is 1. The third kappa shape index (κ3) is 2.82. The van der Waals surface area contributed by atoms with Gasteiger partial charge in [-0.3, -0.25) is 4.68 Å². The highest BCUT2D eigenvalue weighted by atomic mass is 16.5. The van der Waals surface area contributed by atoms with Crippen molar-refractivity contribution in [3.8, 4) is 11.6 Å². The highest BCUT2D eigenvalue weighted by Crippen LogP contribution is 2.21. The van der Waals surface area contributed by atoms with E-state index in [0.717, 1.165) is 12.1 Å². The van der Waals surface area contributed by atoms with Crippen molar-refractivity contribution in [2.45, 2.75) is 26.4 Å². The van der Waals surface area contributed by atoms with E-state index in [9.17, 15) is 0 Å². The summed E-state index contributed by atoms with van der Waals surface area (Å²) in [5.74, 6) is 1.22. The molecule has 17 heavy (non-hydrogen) atoms.